The lowest BCUT2D eigenvalue weighted by Gasteiger charge is -2.10. The van der Waals surface area contributed by atoms with Crippen molar-refractivity contribution in [3.05, 3.63) is 17.0 Å². The minimum absolute atomic E-state index is 0.250. The number of aromatic nitrogens is 2. The fraction of sp³-hybridized carbons (Fsp3) is 0.556. The summed E-state index contributed by atoms with van der Waals surface area (Å²) in [6.45, 7) is 0.557. The topological polar surface area (TPSA) is 58.0 Å². The Bertz CT molecular complexity index is 299. The van der Waals surface area contributed by atoms with Gasteiger partial charge in [-0.1, -0.05) is 0 Å². The Labute approximate surface area is 90.9 Å². The Hall–Kier alpha value is -0.680. The molecule has 2 rings (SSSR count). The molecule has 5 heteroatoms. The summed E-state index contributed by atoms with van der Waals surface area (Å²) in [4.78, 5) is 8.13. The number of hydrogen-bond acceptors (Lipinski definition) is 4. The van der Waals surface area contributed by atoms with Gasteiger partial charge in [0.2, 0.25) is 0 Å². The average Bonchev–Trinajstić information content (AvgIpc) is 3.00. The molecule has 1 unspecified atom stereocenters. The van der Waals surface area contributed by atoms with Crippen LogP contribution in [0.15, 0.2) is 17.0 Å². The minimum atomic E-state index is -0.250. The summed E-state index contributed by atoms with van der Waals surface area (Å²) in [5, 5.41) is 12.6. The first-order valence-electron chi connectivity index (χ1n) is 4.65. The van der Waals surface area contributed by atoms with Crippen molar-refractivity contribution in [2.75, 3.05) is 11.9 Å². The second kappa shape index (κ2) is 4.23. The number of anilines is 1. The normalized spacial score (nSPS) is 17.9. The van der Waals surface area contributed by atoms with E-state index in [0.717, 1.165) is 12.8 Å². The summed E-state index contributed by atoms with van der Waals surface area (Å²) < 4.78 is 0.714. The number of halogens is 1. The van der Waals surface area contributed by atoms with Gasteiger partial charge in [0, 0.05) is 6.54 Å². The monoisotopic (exact) mass is 257 g/mol. The van der Waals surface area contributed by atoms with Crippen molar-refractivity contribution < 1.29 is 5.11 Å². The molecule has 0 bridgehead atoms. The van der Waals surface area contributed by atoms with Crippen LogP contribution >= 0.6 is 15.9 Å². The molecule has 1 heterocycles. The number of aliphatic hydroxyl groups excluding tert-OH is 1. The van der Waals surface area contributed by atoms with Gasteiger partial charge in [0.15, 0.2) is 0 Å². The van der Waals surface area contributed by atoms with Crippen LogP contribution in [0.4, 0.5) is 5.82 Å². The summed E-state index contributed by atoms with van der Waals surface area (Å²) in [5.41, 5.74) is 0. The molecule has 1 aliphatic carbocycles. The van der Waals surface area contributed by atoms with Gasteiger partial charge in [-0.2, -0.15) is 0 Å². The Morgan fingerprint density at radius 3 is 2.86 bits per heavy atom. The number of rotatable bonds is 4. The molecule has 0 saturated heterocycles. The van der Waals surface area contributed by atoms with Crippen LogP contribution in [-0.4, -0.2) is 27.7 Å². The van der Waals surface area contributed by atoms with Crippen molar-refractivity contribution in [2.45, 2.75) is 18.9 Å². The van der Waals surface area contributed by atoms with Crippen LogP contribution in [0.1, 0.15) is 12.8 Å². The van der Waals surface area contributed by atoms with Gasteiger partial charge in [0.05, 0.1) is 18.5 Å². The predicted octanol–water partition coefficient (Wildman–Crippen LogP) is 1.42. The van der Waals surface area contributed by atoms with E-state index in [4.69, 9.17) is 0 Å². The minimum Gasteiger partial charge on any atom is -0.391 e. The van der Waals surface area contributed by atoms with Crippen molar-refractivity contribution in [3.63, 3.8) is 0 Å². The molecule has 0 radical (unpaired) electrons. The van der Waals surface area contributed by atoms with E-state index in [1.807, 2.05) is 0 Å². The first-order chi connectivity index (χ1) is 6.75. The molecular formula is C9H12BrN3O. The first kappa shape index (κ1) is 9.86. The lowest BCUT2D eigenvalue weighted by Crippen LogP contribution is -2.21. The van der Waals surface area contributed by atoms with E-state index in [-0.39, 0.29) is 6.10 Å². The van der Waals surface area contributed by atoms with Crippen LogP contribution in [0.2, 0.25) is 0 Å². The standard InChI is InChI=1S/C9H12BrN3O/c10-8-4-13-9(5-11-8)12-3-7(14)6-1-2-6/h4-7,14H,1-3H2,(H,12,13). The quantitative estimate of drug-likeness (QED) is 0.857. The van der Waals surface area contributed by atoms with E-state index >= 15 is 0 Å². The van der Waals surface area contributed by atoms with Gasteiger partial charge in [0.25, 0.3) is 0 Å². The van der Waals surface area contributed by atoms with E-state index in [1.54, 1.807) is 12.4 Å². The van der Waals surface area contributed by atoms with Gasteiger partial charge in [-0.15, -0.1) is 0 Å². The molecule has 0 aromatic carbocycles. The summed E-state index contributed by atoms with van der Waals surface area (Å²) in [6.07, 6.45) is 5.32. The number of nitrogens with zero attached hydrogens (tertiary/aromatic N) is 2. The highest BCUT2D eigenvalue weighted by molar-refractivity contribution is 9.10. The SMILES string of the molecule is OC(CNc1cnc(Br)cn1)C1CC1. The number of hydrogen-bond donors (Lipinski definition) is 2. The van der Waals surface area contributed by atoms with E-state index in [2.05, 4.69) is 31.2 Å². The van der Waals surface area contributed by atoms with E-state index in [1.165, 1.54) is 0 Å². The molecule has 1 atom stereocenters. The summed E-state index contributed by atoms with van der Waals surface area (Å²) in [5.74, 6) is 1.19. The van der Waals surface area contributed by atoms with Crippen LogP contribution < -0.4 is 5.32 Å². The highest BCUT2D eigenvalue weighted by Gasteiger charge is 2.29. The molecule has 1 aliphatic rings. The van der Waals surface area contributed by atoms with Crippen molar-refractivity contribution in [3.8, 4) is 0 Å². The molecule has 76 valence electrons. The third kappa shape index (κ3) is 2.65. The third-order valence-electron chi connectivity index (χ3n) is 2.28. The van der Waals surface area contributed by atoms with Crippen molar-refractivity contribution in [1.82, 2.24) is 9.97 Å². The lowest BCUT2D eigenvalue weighted by atomic mass is 10.2. The molecule has 14 heavy (non-hydrogen) atoms. The van der Waals surface area contributed by atoms with Gasteiger partial charge < -0.3 is 10.4 Å². The van der Waals surface area contributed by atoms with Crippen molar-refractivity contribution >= 4 is 21.7 Å². The van der Waals surface area contributed by atoms with Gasteiger partial charge in [-0.25, -0.2) is 9.97 Å². The van der Waals surface area contributed by atoms with E-state index in [0.29, 0.717) is 22.9 Å². The highest BCUT2D eigenvalue weighted by atomic mass is 79.9. The molecule has 0 amide bonds. The van der Waals surface area contributed by atoms with Gasteiger partial charge >= 0.3 is 0 Å². The first-order valence-corrected chi connectivity index (χ1v) is 5.44. The zero-order valence-corrected chi connectivity index (χ0v) is 9.24. The number of nitrogens with one attached hydrogen (secondary N) is 1. The van der Waals surface area contributed by atoms with Crippen LogP contribution in [-0.2, 0) is 0 Å². The second-order valence-electron chi connectivity index (χ2n) is 3.51. The fourth-order valence-electron chi connectivity index (χ4n) is 1.26. The van der Waals surface area contributed by atoms with Crippen molar-refractivity contribution in [1.29, 1.82) is 0 Å². The van der Waals surface area contributed by atoms with Crippen LogP contribution in [0.25, 0.3) is 0 Å². The zero-order valence-electron chi connectivity index (χ0n) is 7.65. The second-order valence-corrected chi connectivity index (χ2v) is 4.32. The maximum Gasteiger partial charge on any atom is 0.144 e. The Kier molecular flexibility index (Phi) is 2.98. The summed E-state index contributed by atoms with van der Waals surface area (Å²) in [7, 11) is 0. The molecule has 1 aromatic heterocycles. The summed E-state index contributed by atoms with van der Waals surface area (Å²) in [6, 6.07) is 0. The van der Waals surface area contributed by atoms with Crippen LogP contribution in [0.3, 0.4) is 0 Å². The summed E-state index contributed by atoms with van der Waals surface area (Å²) >= 11 is 3.21. The predicted molar refractivity (Wildman–Crippen MR) is 57.0 cm³/mol. The largest absolute Gasteiger partial charge is 0.391 e. The van der Waals surface area contributed by atoms with Crippen LogP contribution in [0.5, 0.6) is 0 Å². The number of aliphatic hydroxyl groups is 1. The highest BCUT2D eigenvalue weighted by Crippen LogP contribution is 2.32. The van der Waals surface area contributed by atoms with Crippen molar-refractivity contribution in [2.24, 2.45) is 5.92 Å². The Morgan fingerprint density at radius 2 is 2.29 bits per heavy atom. The molecular weight excluding hydrogens is 246 g/mol. The smallest absolute Gasteiger partial charge is 0.144 e. The van der Waals surface area contributed by atoms with Gasteiger partial charge in [-0.05, 0) is 34.7 Å². The molecule has 1 fully saturated rings. The lowest BCUT2D eigenvalue weighted by molar-refractivity contribution is 0.164. The zero-order chi connectivity index (χ0) is 9.97. The van der Waals surface area contributed by atoms with Gasteiger partial charge in [0.1, 0.15) is 10.4 Å². The fourth-order valence-corrected chi connectivity index (χ4v) is 1.47. The molecule has 2 N–H and O–H groups in total. The van der Waals surface area contributed by atoms with Gasteiger partial charge in [-0.3, -0.25) is 0 Å². The molecule has 1 saturated carbocycles. The molecule has 0 aliphatic heterocycles. The maximum absolute atomic E-state index is 9.58. The Morgan fingerprint density at radius 1 is 1.50 bits per heavy atom. The van der Waals surface area contributed by atoms with E-state index < -0.39 is 0 Å². The Balaban J connectivity index is 1.82. The van der Waals surface area contributed by atoms with Crippen LogP contribution in [0, 0.1) is 5.92 Å². The molecule has 0 spiro atoms. The average molecular weight is 258 g/mol. The molecule has 1 aromatic rings. The van der Waals surface area contributed by atoms with E-state index in [9.17, 15) is 5.11 Å². The third-order valence-corrected chi connectivity index (χ3v) is 2.69. The molecule has 4 nitrogen and oxygen atoms in total. The maximum atomic E-state index is 9.58.